The van der Waals surface area contributed by atoms with Crippen molar-refractivity contribution in [3.05, 3.63) is 71.2 Å². The maximum atomic E-state index is 13.8. The van der Waals surface area contributed by atoms with Gasteiger partial charge in [0.1, 0.15) is 16.7 Å². The number of hydrogen-bond acceptors (Lipinski definition) is 6. The third kappa shape index (κ3) is 8.67. The molecule has 0 spiro atoms. The molecule has 3 rings (SSSR count). The van der Waals surface area contributed by atoms with Gasteiger partial charge in [0.15, 0.2) is 32.8 Å². The minimum Gasteiger partial charge on any atom is -0.460 e. The quantitative estimate of drug-likeness (QED) is 0.0686. The Balaban J connectivity index is 0.000000347. The summed E-state index contributed by atoms with van der Waals surface area (Å²) in [6.07, 6.45) is -2.52. The van der Waals surface area contributed by atoms with Crippen molar-refractivity contribution in [1.29, 1.82) is 0 Å². The van der Waals surface area contributed by atoms with Crippen molar-refractivity contribution in [3.8, 4) is 0 Å². The number of carbonyl (C=O) groups is 1. The van der Waals surface area contributed by atoms with E-state index in [0.717, 1.165) is 11.8 Å². The first kappa shape index (κ1) is 35.0. The lowest BCUT2D eigenvalue weighted by molar-refractivity contribution is -0.485. The van der Waals surface area contributed by atoms with Crippen molar-refractivity contribution in [2.24, 2.45) is 22.4 Å². The van der Waals surface area contributed by atoms with Gasteiger partial charge in [-0.15, -0.1) is 11.3 Å². The first-order valence-electron chi connectivity index (χ1n) is 11.5. The number of benzene rings is 1. The summed E-state index contributed by atoms with van der Waals surface area (Å²) in [6, 6.07) is 0. The summed E-state index contributed by atoms with van der Waals surface area (Å²) in [5.74, 6) is -9.59. The molecule has 1 aromatic carbocycles. The molecule has 1 fully saturated rings. The van der Waals surface area contributed by atoms with Gasteiger partial charge in [0, 0.05) is 23.7 Å². The van der Waals surface area contributed by atoms with Gasteiger partial charge < -0.3 is 15.4 Å². The summed E-state index contributed by atoms with van der Waals surface area (Å²) in [5, 5.41) is 16.3. The van der Waals surface area contributed by atoms with Crippen LogP contribution in [-0.2, 0) is 22.7 Å². The number of ether oxygens (including phenoxy) is 1. The Morgan fingerprint density at radius 1 is 1.24 bits per heavy atom. The van der Waals surface area contributed by atoms with Crippen molar-refractivity contribution in [2.45, 2.75) is 40.1 Å². The van der Waals surface area contributed by atoms with Crippen molar-refractivity contribution in [2.75, 3.05) is 7.05 Å². The fraction of sp³-hybridized carbons (Fsp3) is 0.435. The molecule has 2 aromatic rings. The maximum Gasteiger partial charge on any atom is 0.426 e. The average molecular weight is 668 g/mol. The second kappa shape index (κ2) is 13.9. The Morgan fingerprint density at radius 3 is 2.26 bits per heavy atom. The number of carbonyl (C=O) groups excluding carboxylic acids is 1. The standard InChI is InChI=1S/C17H14ClF7O2.C6H8ClN5O2S/c1-6-11(19)13(21)7(14(22)12(6)20)5-27-15(26)10-8(16(10,2)3)4-9(18)17(23,24)25;1-8-6(11-12(13)14)10-3-4-2-9-5(7)15-4/h4,8,10H,5H2,1-3H3;2H,3H2,1H3,(H2,8,10,11)/b9-4-;. The van der Waals surface area contributed by atoms with Crippen LogP contribution < -0.4 is 10.6 Å². The highest BCUT2D eigenvalue weighted by atomic mass is 35.5. The Labute approximate surface area is 247 Å². The smallest absolute Gasteiger partial charge is 0.426 e. The molecule has 0 bridgehead atoms. The number of nitrogens with zero attached hydrogens (tertiary/aromatic N) is 3. The van der Waals surface area contributed by atoms with Crippen LogP contribution in [-0.4, -0.2) is 35.2 Å². The third-order valence-electron chi connectivity index (χ3n) is 6.07. The van der Waals surface area contributed by atoms with Crippen molar-refractivity contribution < 1.29 is 45.3 Å². The van der Waals surface area contributed by atoms with Crippen LogP contribution in [0.5, 0.6) is 0 Å². The van der Waals surface area contributed by atoms with Crippen LogP contribution >= 0.6 is 34.5 Å². The predicted octanol–water partition coefficient (Wildman–Crippen LogP) is 6.21. The zero-order valence-electron chi connectivity index (χ0n) is 22.0. The number of esters is 1. The van der Waals surface area contributed by atoms with E-state index in [9.17, 15) is 45.6 Å². The Morgan fingerprint density at radius 2 is 1.81 bits per heavy atom. The number of thiazole rings is 1. The van der Waals surface area contributed by atoms with Gasteiger partial charge >= 0.3 is 12.1 Å². The fourth-order valence-electron chi connectivity index (χ4n) is 3.63. The van der Waals surface area contributed by atoms with Gasteiger partial charge in [-0.1, -0.05) is 43.1 Å². The summed E-state index contributed by atoms with van der Waals surface area (Å²) < 4.78 is 97.3. The fourth-order valence-corrected chi connectivity index (χ4v) is 4.68. The molecule has 19 heteroatoms. The monoisotopic (exact) mass is 667 g/mol. The molecular weight excluding hydrogens is 646 g/mol. The van der Waals surface area contributed by atoms with Gasteiger partial charge in [-0.2, -0.15) is 13.2 Å². The molecule has 0 aliphatic heterocycles. The van der Waals surface area contributed by atoms with Crippen LogP contribution in [0.2, 0.25) is 4.47 Å². The zero-order valence-corrected chi connectivity index (χ0v) is 24.3. The van der Waals surface area contributed by atoms with Crippen molar-refractivity contribution in [3.63, 3.8) is 0 Å². The number of rotatable bonds is 7. The zero-order chi connectivity index (χ0) is 32.2. The molecule has 1 aliphatic carbocycles. The lowest BCUT2D eigenvalue weighted by atomic mass is 10.1. The summed E-state index contributed by atoms with van der Waals surface area (Å²) >= 11 is 12.1. The molecule has 2 N–H and O–H groups in total. The summed E-state index contributed by atoms with van der Waals surface area (Å²) in [5.41, 5.74) is -2.93. The molecule has 2 atom stereocenters. The maximum absolute atomic E-state index is 13.8. The Hall–Kier alpha value is -3.18. The highest BCUT2D eigenvalue weighted by molar-refractivity contribution is 7.15. The molecule has 232 valence electrons. The largest absolute Gasteiger partial charge is 0.460 e. The highest BCUT2D eigenvalue weighted by Crippen LogP contribution is 2.60. The van der Waals surface area contributed by atoms with Crippen LogP contribution in [0.3, 0.4) is 0 Å². The van der Waals surface area contributed by atoms with E-state index in [0.29, 0.717) is 17.1 Å². The van der Waals surface area contributed by atoms with Gasteiger partial charge in [-0.05, 0) is 18.3 Å². The molecule has 0 radical (unpaired) electrons. The average Bonchev–Trinajstić information content (AvgIpc) is 3.19. The van der Waals surface area contributed by atoms with Crippen LogP contribution in [0.25, 0.3) is 0 Å². The Bertz CT molecular complexity index is 1370. The van der Waals surface area contributed by atoms with Crippen molar-refractivity contribution >= 4 is 46.5 Å². The van der Waals surface area contributed by atoms with Crippen LogP contribution in [0.15, 0.2) is 22.4 Å². The first-order valence-corrected chi connectivity index (χ1v) is 13.1. The highest BCUT2D eigenvalue weighted by Gasteiger charge is 2.62. The van der Waals surface area contributed by atoms with E-state index >= 15 is 0 Å². The lowest BCUT2D eigenvalue weighted by Crippen LogP contribution is -2.34. The van der Waals surface area contributed by atoms with Gasteiger partial charge in [0.25, 0.3) is 5.96 Å². The molecule has 1 aliphatic rings. The second-order valence-electron chi connectivity index (χ2n) is 9.17. The summed E-state index contributed by atoms with van der Waals surface area (Å²) in [7, 11) is 1.54. The number of aromatic nitrogens is 1. The normalized spacial score (nSPS) is 18.1. The summed E-state index contributed by atoms with van der Waals surface area (Å²) in [4.78, 5) is 26.9. The van der Waals surface area contributed by atoms with Gasteiger partial charge in [0.2, 0.25) is 0 Å². The van der Waals surface area contributed by atoms with E-state index in [1.54, 1.807) is 6.20 Å². The van der Waals surface area contributed by atoms with E-state index in [2.05, 4.69) is 20.7 Å². The predicted molar refractivity (Wildman–Crippen MR) is 139 cm³/mol. The molecule has 1 heterocycles. The van der Waals surface area contributed by atoms with Crippen LogP contribution in [0, 0.1) is 57.6 Å². The molecule has 42 heavy (non-hydrogen) atoms. The molecule has 9 nitrogen and oxygen atoms in total. The van der Waals surface area contributed by atoms with Crippen LogP contribution in [0.1, 0.15) is 29.9 Å². The molecule has 0 amide bonds. The molecular formula is C23H22Cl2F7N5O4S. The van der Waals surface area contributed by atoms with Crippen molar-refractivity contribution in [1.82, 2.24) is 15.6 Å². The van der Waals surface area contributed by atoms with Gasteiger partial charge in [-0.25, -0.2) is 32.7 Å². The topological polar surface area (TPSA) is 119 Å². The second-order valence-corrected chi connectivity index (χ2v) is 11.3. The van der Waals surface area contributed by atoms with E-state index < -0.39 is 80.5 Å². The van der Waals surface area contributed by atoms with Crippen LogP contribution in [0.4, 0.5) is 30.7 Å². The van der Waals surface area contributed by atoms with E-state index in [1.165, 1.54) is 32.2 Å². The van der Waals surface area contributed by atoms with E-state index in [1.807, 2.05) is 0 Å². The number of allylic oxidation sites excluding steroid dienone is 2. The number of nitrogens with one attached hydrogen (secondary N) is 2. The number of guanidine groups is 1. The lowest BCUT2D eigenvalue weighted by Gasteiger charge is -2.10. The van der Waals surface area contributed by atoms with Gasteiger partial charge in [-0.3, -0.25) is 4.79 Å². The number of halogens is 9. The molecule has 0 saturated heterocycles. The molecule has 1 aromatic heterocycles. The first-order chi connectivity index (χ1) is 19.3. The number of nitro groups is 1. The number of alkyl halides is 3. The molecule has 2 unspecified atom stereocenters. The summed E-state index contributed by atoms with van der Waals surface area (Å²) in [6.45, 7) is 3.07. The Kier molecular flexibility index (Phi) is 11.6. The third-order valence-corrected chi connectivity index (χ3v) is 7.52. The minimum atomic E-state index is -4.78. The minimum absolute atomic E-state index is 0.0875. The van der Waals surface area contributed by atoms with E-state index in [-0.39, 0.29) is 5.96 Å². The SMILES string of the molecule is CN/C(=N\[N+](=O)[O-])NCc1cnc(Cl)s1.Cc1c(F)c(F)c(COC(=O)C2C(/C=C(\Cl)C(F)(F)F)C2(C)C)c(F)c1F. The van der Waals surface area contributed by atoms with E-state index in [4.69, 9.17) is 27.9 Å². The number of hydrogen-bond donors (Lipinski definition) is 2. The van der Waals surface area contributed by atoms with Gasteiger partial charge in [0.05, 0.1) is 18.0 Å². The number of hydrazone groups is 1. The molecule has 1 saturated carbocycles.